The van der Waals surface area contributed by atoms with Crippen molar-refractivity contribution in [3.05, 3.63) is 54.1 Å². The maximum Gasteiger partial charge on any atom is 0.341 e. The van der Waals surface area contributed by atoms with E-state index in [1.807, 2.05) is 62.5 Å². The molecule has 4 nitrogen and oxygen atoms in total. The summed E-state index contributed by atoms with van der Waals surface area (Å²) in [5.74, 6) is -0.322. The Morgan fingerprint density at radius 3 is 2.57 bits per heavy atom. The second-order valence-electron chi connectivity index (χ2n) is 5.50. The molecule has 2 aliphatic heterocycles. The number of fused-ring (bicyclic) bond motifs is 4. The van der Waals surface area contributed by atoms with Crippen LogP contribution in [0.4, 0.5) is 0 Å². The van der Waals surface area contributed by atoms with Gasteiger partial charge in [-0.15, -0.1) is 0 Å². The monoisotopic (exact) mass is 304 g/mol. The van der Waals surface area contributed by atoms with Gasteiger partial charge in [-0.1, -0.05) is 36.4 Å². The highest BCUT2D eigenvalue weighted by atomic mass is 16.5. The molecule has 2 heterocycles. The number of nitrogens with zero attached hydrogens (tertiary/aromatic N) is 2. The molecule has 2 aromatic carbocycles. The minimum Gasteiger partial charge on any atom is -0.462 e. The molecule has 0 radical (unpaired) electrons. The molecule has 0 unspecified atom stereocenters. The van der Waals surface area contributed by atoms with E-state index in [9.17, 15) is 4.79 Å². The van der Waals surface area contributed by atoms with E-state index in [1.165, 1.54) is 0 Å². The van der Waals surface area contributed by atoms with Crippen LogP contribution in [0.5, 0.6) is 0 Å². The van der Waals surface area contributed by atoms with E-state index >= 15 is 0 Å². The van der Waals surface area contributed by atoms with Gasteiger partial charge in [0.1, 0.15) is 5.69 Å². The third kappa shape index (κ3) is 1.91. The van der Waals surface area contributed by atoms with E-state index in [-0.39, 0.29) is 5.97 Å². The number of ether oxygens (including phenoxy) is 1. The highest BCUT2D eigenvalue weighted by Crippen LogP contribution is 2.38. The van der Waals surface area contributed by atoms with E-state index in [0.717, 1.165) is 27.5 Å². The van der Waals surface area contributed by atoms with Crippen LogP contribution in [0.25, 0.3) is 33.2 Å². The van der Waals surface area contributed by atoms with Crippen molar-refractivity contribution in [2.24, 2.45) is 7.05 Å². The quantitative estimate of drug-likeness (QED) is 0.526. The van der Waals surface area contributed by atoms with Gasteiger partial charge in [0.05, 0.1) is 23.4 Å². The summed E-state index contributed by atoms with van der Waals surface area (Å²) in [6, 6.07) is 15.8. The van der Waals surface area contributed by atoms with Crippen LogP contribution in [0.3, 0.4) is 0 Å². The SMILES string of the molecule is CCOC(=O)c1c2nc3ccccc3c-2n(C)c2ccccc12. The zero-order valence-electron chi connectivity index (χ0n) is 13.0. The summed E-state index contributed by atoms with van der Waals surface area (Å²) in [6.07, 6.45) is 0. The molecule has 0 N–H and O–H groups in total. The number of hydrogen-bond donors (Lipinski definition) is 0. The zero-order valence-corrected chi connectivity index (χ0v) is 13.0. The summed E-state index contributed by atoms with van der Waals surface area (Å²) in [7, 11) is 2.01. The highest BCUT2D eigenvalue weighted by Gasteiger charge is 2.26. The number of aryl methyl sites for hydroxylation is 1. The number of hydrogen-bond acceptors (Lipinski definition) is 3. The van der Waals surface area contributed by atoms with Gasteiger partial charge in [0.25, 0.3) is 0 Å². The predicted molar refractivity (Wildman–Crippen MR) is 90.8 cm³/mol. The first-order valence-corrected chi connectivity index (χ1v) is 7.65. The molecule has 0 saturated heterocycles. The molecule has 0 saturated carbocycles. The third-order valence-electron chi connectivity index (χ3n) is 4.20. The third-order valence-corrected chi connectivity index (χ3v) is 4.20. The molecule has 0 aliphatic carbocycles. The Bertz CT molecular complexity index is 1020. The van der Waals surface area contributed by atoms with Gasteiger partial charge in [-0.25, -0.2) is 9.78 Å². The molecule has 2 aromatic rings. The minimum atomic E-state index is -0.322. The number of carbonyl (C=O) groups is 1. The van der Waals surface area contributed by atoms with Crippen LogP contribution in [0.15, 0.2) is 48.5 Å². The number of para-hydroxylation sites is 2. The standard InChI is InChI=1S/C19H16N2O2/c1-3-23-19(22)16-13-9-5-7-11-15(13)21(2)18-12-8-4-6-10-14(12)20-17(16)18/h4-11H,3H2,1-2H3. The van der Waals surface area contributed by atoms with Crippen molar-refractivity contribution in [2.75, 3.05) is 6.61 Å². The Hall–Kier alpha value is -2.88. The maximum absolute atomic E-state index is 12.6. The molecule has 0 aromatic heterocycles. The van der Waals surface area contributed by atoms with Gasteiger partial charge in [-0.2, -0.15) is 0 Å². The summed E-state index contributed by atoms with van der Waals surface area (Å²) in [5.41, 5.74) is 4.08. The van der Waals surface area contributed by atoms with Crippen molar-refractivity contribution < 1.29 is 9.53 Å². The number of pyridine rings is 1. The highest BCUT2D eigenvalue weighted by molar-refractivity contribution is 6.13. The largest absolute Gasteiger partial charge is 0.462 e. The van der Waals surface area contributed by atoms with E-state index in [2.05, 4.69) is 4.57 Å². The van der Waals surface area contributed by atoms with E-state index in [0.29, 0.717) is 17.9 Å². The molecule has 4 heteroatoms. The molecule has 2 aliphatic rings. The van der Waals surface area contributed by atoms with Crippen LogP contribution in [-0.4, -0.2) is 22.1 Å². The maximum atomic E-state index is 12.6. The lowest BCUT2D eigenvalue weighted by molar-refractivity contribution is 0.0529. The molecule has 114 valence electrons. The summed E-state index contributed by atoms with van der Waals surface area (Å²) < 4.78 is 7.39. The van der Waals surface area contributed by atoms with Crippen molar-refractivity contribution in [1.82, 2.24) is 9.55 Å². The van der Waals surface area contributed by atoms with Crippen LogP contribution in [0.1, 0.15) is 17.3 Å². The van der Waals surface area contributed by atoms with Gasteiger partial charge in [-0.3, -0.25) is 0 Å². The molecule has 0 bridgehead atoms. The lowest BCUT2D eigenvalue weighted by Crippen LogP contribution is -2.11. The van der Waals surface area contributed by atoms with E-state index < -0.39 is 0 Å². The Morgan fingerprint density at radius 1 is 1.09 bits per heavy atom. The number of benzene rings is 2. The molecule has 23 heavy (non-hydrogen) atoms. The van der Waals surface area contributed by atoms with Gasteiger partial charge in [-0.05, 0) is 19.1 Å². The summed E-state index contributed by atoms with van der Waals surface area (Å²) in [4.78, 5) is 17.3. The first-order chi connectivity index (χ1) is 11.2. The molecule has 0 atom stereocenters. The van der Waals surface area contributed by atoms with Crippen molar-refractivity contribution >= 4 is 27.8 Å². The molecule has 0 amide bonds. The number of aromatic nitrogens is 2. The second-order valence-corrected chi connectivity index (χ2v) is 5.50. The fraction of sp³-hybridized carbons (Fsp3) is 0.158. The summed E-state index contributed by atoms with van der Waals surface area (Å²) >= 11 is 0. The van der Waals surface area contributed by atoms with Gasteiger partial charge >= 0.3 is 5.97 Å². The Labute approximate surface area is 133 Å². The first kappa shape index (κ1) is 13.8. The minimum absolute atomic E-state index is 0.322. The molecular weight excluding hydrogens is 288 g/mol. The molecule has 0 spiro atoms. The van der Waals surface area contributed by atoms with Crippen molar-refractivity contribution in [2.45, 2.75) is 6.92 Å². The number of esters is 1. The van der Waals surface area contributed by atoms with Gasteiger partial charge in [0, 0.05) is 23.3 Å². The van der Waals surface area contributed by atoms with Crippen LogP contribution in [-0.2, 0) is 11.8 Å². The fourth-order valence-electron chi connectivity index (χ4n) is 3.22. The van der Waals surface area contributed by atoms with E-state index in [4.69, 9.17) is 9.72 Å². The smallest absolute Gasteiger partial charge is 0.341 e. The Kier molecular flexibility index (Phi) is 3.05. The number of rotatable bonds is 2. The lowest BCUT2D eigenvalue weighted by atomic mass is 10.0. The lowest BCUT2D eigenvalue weighted by Gasteiger charge is -2.16. The molecule has 0 fully saturated rings. The van der Waals surface area contributed by atoms with Crippen molar-refractivity contribution in [3.8, 4) is 11.4 Å². The van der Waals surface area contributed by atoms with Crippen LogP contribution < -0.4 is 0 Å². The fourth-order valence-corrected chi connectivity index (χ4v) is 3.22. The predicted octanol–water partition coefficient (Wildman–Crippen LogP) is 4.01. The van der Waals surface area contributed by atoms with Crippen molar-refractivity contribution in [1.29, 1.82) is 0 Å². The van der Waals surface area contributed by atoms with Gasteiger partial charge < -0.3 is 9.30 Å². The summed E-state index contributed by atoms with van der Waals surface area (Å²) in [6.45, 7) is 2.16. The normalized spacial score (nSPS) is 11.4. The number of carbonyl (C=O) groups excluding carboxylic acids is 1. The molecule has 4 rings (SSSR count). The second kappa shape index (κ2) is 5.09. The van der Waals surface area contributed by atoms with Gasteiger partial charge in [0.2, 0.25) is 0 Å². The van der Waals surface area contributed by atoms with Crippen LogP contribution in [0.2, 0.25) is 0 Å². The zero-order chi connectivity index (χ0) is 16.0. The Morgan fingerprint density at radius 2 is 1.78 bits per heavy atom. The Balaban J connectivity index is 2.23. The van der Waals surface area contributed by atoms with E-state index in [1.54, 1.807) is 0 Å². The first-order valence-electron chi connectivity index (χ1n) is 7.65. The topological polar surface area (TPSA) is 44.1 Å². The van der Waals surface area contributed by atoms with Crippen LogP contribution >= 0.6 is 0 Å². The van der Waals surface area contributed by atoms with Crippen molar-refractivity contribution in [3.63, 3.8) is 0 Å². The average molecular weight is 304 g/mol. The van der Waals surface area contributed by atoms with Gasteiger partial charge in [0.15, 0.2) is 0 Å². The van der Waals surface area contributed by atoms with Crippen LogP contribution in [0, 0.1) is 0 Å². The molecular formula is C19H16N2O2. The average Bonchev–Trinajstić information content (AvgIpc) is 2.94. The summed E-state index contributed by atoms with van der Waals surface area (Å²) in [5, 5.41) is 1.91.